The molecule has 1 heterocycles. The van der Waals surface area contributed by atoms with E-state index < -0.39 is 0 Å². The van der Waals surface area contributed by atoms with Crippen molar-refractivity contribution < 1.29 is 4.42 Å². The Kier molecular flexibility index (Phi) is 4.62. The van der Waals surface area contributed by atoms with Gasteiger partial charge in [-0.05, 0) is 36.8 Å². The van der Waals surface area contributed by atoms with Crippen LogP contribution in [0.3, 0.4) is 0 Å². The molecule has 0 spiro atoms. The molecule has 0 fully saturated rings. The van der Waals surface area contributed by atoms with Crippen molar-refractivity contribution in [1.82, 2.24) is 0 Å². The lowest BCUT2D eigenvalue weighted by Gasteiger charge is -2.13. The first-order valence-corrected chi connectivity index (χ1v) is 8.05. The molecule has 0 aliphatic carbocycles. The Balaban J connectivity index is 2.10. The third-order valence-corrected chi connectivity index (χ3v) is 3.95. The van der Waals surface area contributed by atoms with Crippen LogP contribution in [0.25, 0.3) is 10.8 Å². The van der Waals surface area contributed by atoms with Crippen LogP contribution in [0.15, 0.2) is 57.7 Å². The minimum absolute atomic E-state index is 0.304. The molecule has 0 amide bonds. The summed E-state index contributed by atoms with van der Waals surface area (Å²) in [5, 5.41) is 13.7. The van der Waals surface area contributed by atoms with Crippen LogP contribution in [0.4, 0.5) is 11.4 Å². The SMILES string of the molecule is CCCCc1oc(=O)c2ccccc2c1Nc1ccc(C#N)cc1. The Morgan fingerprint density at radius 3 is 2.46 bits per heavy atom. The van der Waals surface area contributed by atoms with E-state index in [2.05, 4.69) is 18.3 Å². The summed E-state index contributed by atoms with van der Waals surface area (Å²) >= 11 is 0. The van der Waals surface area contributed by atoms with Gasteiger partial charge in [0.1, 0.15) is 5.76 Å². The molecule has 0 unspecified atom stereocenters. The van der Waals surface area contributed by atoms with Crippen LogP contribution in [0.1, 0.15) is 31.1 Å². The number of rotatable bonds is 5. The van der Waals surface area contributed by atoms with E-state index in [1.54, 1.807) is 18.2 Å². The molecule has 0 atom stereocenters. The van der Waals surface area contributed by atoms with E-state index in [9.17, 15) is 4.79 Å². The zero-order chi connectivity index (χ0) is 16.9. The largest absolute Gasteiger partial charge is 0.425 e. The first-order chi connectivity index (χ1) is 11.7. The summed E-state index contributed by atoms with van der Waals surface area (Å²) < 4.78 is 5.57. The molecule has 0 aliphatic heterocycles. The molecule has 3 aromatic rings. The van der Waals surface area contributed by atoms with Gasteiger partial charge in [0, 0.05) is 17.5 Å². The fraction of sp³-hybridized carbons (Fsp3) is 0.200. The number of nitrogens with one attached hydrogen (secondary N) is 1. The third kappa shape index (κ3) is 3.16. The molecule has 2 aromatic carbocycles. The Morgan fingerprint density at radius 2 is 1.79 bits per heavy atom. The smallest absolute Gasteiger partial charge is 0.343 e. The molecule has 4 nitrogen and oxygen atoms in total. The normalized spacial score (nSPS) is 10.5. The number of nitrogens with zero attached hydrogens (tertiary/aromatic N) is 1. The van der Waals surface area contributed by atoms with Gasteiger partial charge < -0.3 is 9.73 Å². The van der Waals surface area contributed by atoms with Crippen LogP contribution in [0.5, 0.6) is 0 Å². The van der Waals surface area contributed by atoms with Crippen molar-refractivity contribution in [2.75, 3.05) is 5.32 Å². The number of unbranched alkanes of at least 4 members (excludes halogenated alkanes) is 1. The number of anilines is 2. The molecule has 120 valence electrons. The van der Waals surface area contributed by atoms with Gasteiger partial charge in [-0.1, -0.05) is 31.5 Å². The topological polar surface area (TPSA) is 66.0 Å². The first-order valence-electron chi connectivity index (χ1n) is 8.05. The highest BCUT2D eigenvalue weighted by Gasteiger charge is 2.13. The minimum atomic E-state index is -0.304. The number of fused-ring (bicyclic) bond motifs is 1. The Hall–Kier alpha value is -3.06. The summed E-state index contributed by atoms with van der Waals surface area (Å²) in [6.07, 6.45) is 2.67. The highest BCUT2D eigenvalue weighted by Crippen LogP contribution is 2.29. The molecule has 1 N–H and O–H groups in total. The number of benzene rings is 2. The van der Waals surface area contributed by atoms with E-state index in [1.165, 1.54) is 0 Å². The molecule has 0 saturated heterocycles. The van der Waals surface area contributed by atoms with Gasteiger partial charge in [0.2, 0.25) is 0 Å². The summed E-state index contributed by atoms with van der Waals surface area (Å²) in [4.78, 5) is 12.2. The fourth-order valence-electron chi connectivity index (χ4n) is 2.67. The van der Waals surface area contributed by atoms with Crippen LogP contribution in [0.2, 0.25) is 0 Å². The lowest BCUT2D eigenvalue weighted by Crippen LogP contribution is -2.07. The second-order valence-electron chi connectivity index (χ2n) is 5.65. The molecule has 0 saturated carbocycles. The van der Waals surface area contributed by atoms with Crippen LogP contribution >= 0.6 is 0 Å². The molecular formula is C20H18N2O2. The molecular weight excluding hydrogens is 300 g/mol. The van der Waals surface area contributed by atoms with Gasteiger partial charge in [-0.3, -0.25) is 0 Å². The Morgan fingerprint density at radius 1 is 1.08 bits per heavy atom. The van der Waals surface area contributed by atoms with E-state index in [0.717, 1.165) is 29.6 Å². The predicted molar refractivity (Wildman–Crippen MR) is 95.5 cm³/mol. The molecule has 0 aliphatic rings. The monoisotopic (exact) mass is 318 g/mol. The summed E-state index contributed by atoms with van der Waals surface area (Å²) in [7, 11) is 0. The standard InChI is InChI=1S/C20H18N2O2/c1-2-3-8-18-19(22-15-11-9-14(13-21)10-12-15)16-6-4-5-7-17(16)20(23)24-18/h4-7,9-12,22H,2-3,8H2,1H3. The van der Waals surface area contributed by atoms with E-state index in [1.807, 2.05) is 30.3 Å². The van der Waals surface area contributed by atoms with E-state index in [0.29, 0.717) is 23.1 Å². The number of hydrogen-bond donors (Lipinski definition) is 1. The maximum absolute atomic E-state index is 12.2. The summed E-state index contributed by atoms with van der Waals surface area (Å²) in [6, 6.07) is 16.8. The molecule has 4 heteroatoms. The van der Waals surface area contributed by atoms with Gasteiger partial charge >= 0.3 is 5.63 Å². The number of aryl methyl sites for hydroxylation is 1. The average Bonchev–Trinajstić information content (AvgIpc) is 2.63. The van der Waals surface area contributed by atoms with Crippen molar-refractivity contribution in [3.8, 4) is 6.07 Å². The van der Waals surface area contributed by atoms with Gasteiger partial charge in [0.05, 0.1) is 22.7 Å². The van der Waals surface area contributed by atoms with Gasteiger partial charge in [-0.2, -0.15) is 5.26 Å². The van der Waals surface area contributed by atoms with Crippen LogP contribution < -0.4 is 10.9 Å². The van der Waals surface area contributed by atoms with E-state index in [4.69, 9.17) is 9.68 Å². The van der Waals surface area contributed by atoms with Crippen LogP contribution in [0, 0.1) is 11.3 Å². The highest BCUT2D eigenvalue weighted by atomic mass is 16.4. The molecule has 0 radical (unpaired) electrons. The fourth-order valence-corrected chi connectivity index (χ4v) is 2.67. The van der Waals surface area contributed by atoms with Crippen molar-refractivity contribution >= 4 is 22.1 Å². The van der Waals surface area contributed by atoms with Crippen molar-refractivity contribution in [3.05, 3.63) is 70.3 Å². The van der Waals surface area contributed by atoms with Crippen LogP contribution in [-0.2, 0) is 6.42 Å². The highest BCUT2D eigenvalue weighted by molar-refractivity contribution is 5.95. The van der Waals surface area contributed by atoms with Crippen molar-refractivity contribution in [3.63, 3.8) is 0 Å². The summed E-state index contributed by atoms with van der Waals surface area (Å²) in [5.41, 5.74) is 1.98. The average molecular weight is 318 g/mol. The van der Waals surface area contributed by atoms with E-state index in [-0.39, 0.29) is 5.63 Å². The second kappa shape index (κ2) is 7.01. The van der Waals surface area contributed by atoms with Crippen molar-refractivity contribution in [2.45, 2.75) is 26.2 Å². The molecule has 0 bridgehead atoms. The lowest BCUT2D eigenvalue weighted by molar-refractivity contribution is 0.463. The second-order valence-corrected chi connectivity index (χ2v) is 5.65. The summed E-state index contributed by atoms with van der Waals surface area (Å²) in [6.45, 7) is 2.10. The van der Waals surface area contributed by atoms with Gasteiger partial charge in [0.25, 0.3) is 0 Å². The summed E-state index contributed by atoms with van der Waals surface area (Å²) in [5.74, 6) is 0.671. The van der Waals surface area contributed by atoms with Gasteiger partial charge in [-0.15, -0.1) is 0 Å². The van der Waals surface area contributed by atoms with Crippen molar-refractivity contribution in [1.29, 1.82) is 5.26 Å². The lowest BCUT2D eigenvalue weighted by atomic mass is 10.1. The third-order valence-electron chi connectivity index (χ3n) is 3.95. The maximum atomic E-state index is 12.2. The Labute approximate surface area is 140 Å². The van der Waals surface area contributed by atoms with Crippen molar-refractivity contribution in [2.24, 2.45) is 0 Å². The van der Waals surface area contributed by atoms with E-state index >= 15 is 0 Å². The quantitative estimate of drug-likeness (QED) is 0.737. The predicted octanol–water partition coefficient (Wildman–Crippen LogP) is 4.75. The number of hydrogen-bond acceptors (Lipinski definition) is 4. The zero-order valence-electron chi connectivity index (χ0n) is 13.5. The first kappa shape index (κ1) is 15.8. The zero-order valence-corrected chi connectivity index (χ0v) is 13.5. The van der Waals surface area contributed by atoms with Crippen LogP contribution in [-0.4, -0.2) is 0 Å². The van der Waals surface area contributed by atoms with Gasteiger partial charge in [0.15, 0.2) is 0 Å². The molecule has 1 aromatic heterocycles. The van der Waals surface area contributed by atoms with Gasteiger partial charge in [-0.25, -0.2) is 4.79 Å². The Bertz CT molecular complexity index is 950. The minimum Gasteiger partial charge on any atom is -0.425 e. The maximum Gasteiger partial charge on any atom is 0.343 e. The molecule has 24 heavy (non-hydrogen) atoms. The molecule has 3 rings (SSSR count). The number of nitriles is 1.